The van der Waals surface area contributed by atoms with Crippen molar-refractivity contribution < 1.29 is 35.7 Å². The number of nitrogens with two attached hydrogens (primary N) is 1. The summed E-state index contributed by atoms with van der Waals surface area (Å²) in [5, 5.41) is 8.31. The number of rotatable bonds is 3. The molecule has 1 radical (unpaired) electrons. The molecule has 0 saturated carbocycles. The van der Waals surface area contributed by atoms with E-state index in [0.29, 0.717) is 12.3 Å². The van der Waals surface area contributed by atoms with Crippen LogP contribution in [0.15, 0.2) is 0 Å². The number of carboxylic acid groups (broad SMARTS) is 1. The largest absolute Gasteiger partial charge is 0.480 e. The molecular formula is C6H13NO2Sc. The fraction of sp³-hybridized carbons (Fsp3) is 0.833. The predicted octanol–water partition coefficient (Wildman–Crippen LogP) is 0.442. The molecule has 0 fully saturated rings. The van der Waals surface area contributed by atoms with E-state index in [1.54, 1.807) is 0 Å². The third kappa shape index (κ3) is 6.42. The van der Waals surface area contributed by atoms with Gasteiger partial charge in [0.15, 0.2) is 0 Å². The second-order valence-corrected chi connectivity index (χ2v) is 2.57. The molecule has 3 nitrogen and oxygen atoms in total. The molecule has 0 aliphatic rings. The maximum atomic E-state index is 10.1. The molecule has 0 unspecified atom stereocenters. The first-order valence-corrected chi connectivity index (χ1v) is 3.02. The van der Waals surface area contributed by atoms with Crippen molar-refractivity contribution in [1.82, 2.24) is 0 Å². The first kappa shape index (κ1) is 12.9. The minimum absolute atomic E-state index is 0. The van der Waals surface area contributed by atoms with Crippen LogP contribution < -0.4 is 5.73 Å². The third-order valence-corrected chi connectivity index (χ3v) is 1.04. The second-order valence-electron chi connectivity index (χ2n) is 2.57. The van der Waals surface area contributed by atoms with Crippen LogP contribution in [0, 0.1) is 5.92 Å². The van der Waals surface area contributed by atoms with Gasteiger partial charge in [-0.3, -0.25) is 4.79 Å². The second kappa shape index (κ2) is 6.04. The van der Waals surface area contributed by atoms with Gasteiger partial charge in [0.1, 0.15) is 6.04 Å². The molecule has 0 aromatic heterocycles. The summed E-state index contributed by atoms with van der Waals surface area (Å²) in [5.41, 5.74) is 5.22. The van der Waals surface area contributed by atoms with Crippen LogP contribution in [0.4, 0.5) is 0 Å². The maximum Gasteiger partial charge on any atom is 0.320 e. The molecule has 0 heterocycles. The number of carboxylic acids is 1. The smallest absolute Gasteiger partial charge is 0.320 e. The Labute approximate surface area is 79.8 Å². The van der Waals surface area contributed by atoms with Crippen LogP contribution >= 0.6 is 0 Å². The number of hydrogen-bond acceptors (Lipinski definition) is 2. The van der Waals surface area contributed by atoms with Gasteiger partial charge in [0.2, 0.25) is 0 Å². The summed E-state index contributed by atoms with van der Waals surface area (Å²) in [6.07, 6.45) is 0.551. The van der Waals surface area contributed by atoms with Gasteiger partial charge in [-0.25, -0.2) is 0 Å². The molecule has 0 aromatic rings. The standard InChI is InChI=1S/C6H13NO2.Sc/c1-4(2)3-5(7)6(8)9;/h4-5H,3,7H2,1-2H3,(H,8,9);/t5-;/m0./s1. The van der Waals surface area contributed by atoms with E-state index in [1.807, 2.05) is 13.8 Å². The average Bonchev–Trinajstić information content (AvgIpc) is 1.63. The Hall–Kier alpha value is 0.300. The van der Waals surface area contributed by atoms with E-state index in [-0.39, 0.29) is 25.8 Å². The molecule has 0 bridgehead atoms. The van der Waals surface area contributed by atoms with E-state index < -0.39 is 12.0 Å². The molecular weight excluding hydrogens is 163 g/mol. The van der Waals surface area contributed by atoms with Crippen molar-refractivity contribution >= 4 is 5.97 Å². The minimum Gasteiger partial charge on any atom is -0.480 e. The van der Waals surface area contributed by atoms with Crippen molar-refractivity contribution in [2.45, 2.75) is 26.3 Å². The summed E-state index contributed by atoms with van der Waals surface area (Å²) in [7, 11) is 0. The summed E-state index contributed by atoms with van der Waals surface area (Å²) in [4.78, 5) is 10.1. The predicted molar refractivity (Wildman–Crippen MR) is 35.1 cm³/mol. The van der Waals surface area contributed by atoms with Gasteiger partial charge < -0.3 is 10.8 Å². The maximum absolute atomic E-state index is 10.1. The Bertz CT molecular complexity index is 106. The van der Waals surface area contributed by atoms with Crippen LogP contribution in [0.5, 0.6) is 0 Å². The van der Waals surface area contributed by atoms with Gasteiger partial charge in [-0.2, -0.15) is 0 Å². The van der Waals surface area contributed by atoms with Crippen LogP contribution in [-0.2, 0) is 30.6 Å². The van der Waals surface area contributed by atoms with Gasteiger partial charge in [0, 0.05) is 25.8 Å². The van der Waals surface area contributed by atoms with Gasteiger partial charge in [-0.15, -0.1) is 0 Å². The van der Waals surface area contributed by atoms with Gasteiger partial charge >= 0.3 is 5.97 Å². The Morgan fingerprint density at radius 2 is 2.00 bits per heavy atom. The zero-order valence-electron chi connectivity index (χ0n) is 6.37. The molecule has 0 rings (SSSR count). The average molecular weight is 176 g/mol. The van der Waals surface area contributed by atoms with Crippen LogP contribution in [0.3, 0.4) is 0 Å². The van der Waals surface area contributed by atoms with Crippen LogP contribution in [0.1, 0.15) is 20.3 Å². The molecule has 10 heavy (non-hydrogen) atoms. The number of hydrogen-bond donors (Lipinski definition) is 2. The van der Waals surface area contributed by atoms with Crippen molar-refractivity contribution in [3.05, 3.63) is 0 Å². The molecule has 0 aliphatic carbocycles. The Morgan fingerprint density at radius 3 is 2.10 bits per heavy atom. The van der Waals surface area contributed by atoms with Crippen molar-refractivity contribution in [2.24, 2.45) is 11.7 Å². The summed E-state index contributed by atoms with van der Waals surface area (Å²) in [5.74, 6) is -0.556. The van der Waals surface area contributed by atoms with Crippen LogP contribution in [0.2, 0.25) is 0 Å². The molecule has 0 spiro atoms. The van der Waals surface area contributed by atoms with Crippen LogP contribution in [-0.4, -0.2) is 17.1 Å². The Morgan fingerprint density at radius 1 is 1.60 bits per heavy atom. The summed E-state index contributed by atoms with van der Waals surface area (Å²) in [6, 6.07) is -0.690. The SMILES string of the molecule is CC(C)C[C@H](N)C(=O)O.[Sc]. The first-order valence-electron chi connectivity index (χ1n) is 3.02. The van der Waals surface area contributed by atoms with E-state index in [0.717, 1.165) is 0 Å². The molecule has 0 saturated heterocycles. The van der Waals surface area contributed by atoms with Gasteiger partial charge in [-0.05, 0) is 12.3 Å². The van der Waals surface area contributed by atoms with E-state index in [1.165, 1.54) is 0 Å². The Kier molecular flexibility index (Phi) is 7.81. The normalized spacial score (nSPS) is 12.4. The van der Waals surface area contributed by atoms with Crippen LogP contribution in [0.25, 0.3) is 0 Å². The van der Waals surface area contributed by atoms with Gasteiger partial charge in [0.05, 0.1) is 0 Å². The van der Waals surface area contributed by atoms with E-state index in [9.17, 15) is 4.79 Å². The topological polar surface area (TPSA) is 63.3 Å². The molecule has 4 heteroatoms. The monoisotopic (exact) mass is 176 g/mol. The molecule has 0 aromatic carbocycles. The van der Waals surface area contributed by atoms with Crippen molar-refractivity contribution in [1.29, 1.82) is 0 Å². The molecule has 0 aliphatic heterocycles. The Balaban J connectivity index is 0. The van der Waals surface area contributed by atoms with E-state index in [2.05, 4.69) is 0 Å². The summed E-state index contributed by atoms with van der Waals surface area (Å²) < 4.78 is 0. The van der Waals surface area contributed by atoms with Crippen molar-refractivity contribution in [2.75, 3.05) is 0 Å². The van der Waals surface area contributed by atoms with E-state index in [4.69, 9.17) is 10.8 Å². The van der Waals surface area contributed by atoms with Gasteiger partial charge in [-0.1, -0.05) is 13.8 Å². The third-order valence-electron chi connectivity index (χ3n) is 1.04. The molecule has 1 atom stereocenters. The number of aliphatic carboxylic acids is 1. The number of carbonyl (C=O) groups is 1. The molecule has 3 N–H and O–H groups in total. The quantitative estimate of drug-likeness (QED) is 0.655. The van der Waals surface area contributed by atoms with Gasteiger partial charge in [0.25, 0.3) is 0 Å². The van der Waals surface area contributed by atoms with Crippen molar-refractivity contribution in [3.63, 3.8) is 0 Å². The fourth-order valence-corrected chi connectivity index (χ4v) is 0.609. The molecule has 57 valence electrons. The van der Waals surface area contributed by atoms with Crippen molar-refractivity contribution in [3.8, 4) is 0 Å². The van der Waals surface area contributed by atoms with E-state index >= 15 is 0 Å². The zero-order valence-corrected chi connectivity index (χ0v) is 8.18. The minimum atomic E-state index is -0.913. The zero-order chi connectivity index (χ0) is 7.44. The summed E-state index contributed by atoms with van der Waals surface area (Å²) in [6.45, 7) is 3.89. The fourth-order valence-electron chi connectivity index (χ4n) is 0.609. The first-order chi connectivity index (χ1) is 4.04. The molecule has 0 amide bonds. The summed E-state index contributed by atoms with van der Waals surface area (Å²) >= 11 is 0.